The van der Waals surface area contributed by atoms with Crippen LogP contribution in [0.5, 0.6) is 0 Å². The van der Waals surface area contributed by atoms with Gasteiger partial charge < -0.3 is 10.2 Å². The quantitative estimate of drug-likeness (QED) is 0.146. The molecular formula is C34H49Br2F3N4O. The third-order valence-electron chi connectivity index (χ3n) is 8.02. The molecule has 0 radical (unpaired) electrons. The first-order valence-electron chi connectivity index (χ1n) is 16.1. The largest absolute Gasteiger partial charge is 0.416 e. The second-order valence-corrected chi connectivity index (χ2v) is 13.3. The van der Waals surface area contributed by atoms with Crippen LogP contribution in [-0.4, -0.2) is 19.0 Å². The Balaban J connectivity index is 2.54. The highest BCUT2D eigenvalue weighted by Crippen LogP contribution is 2.42. The van der Waals surface area contributed by atoms with E-state index in [4.69, 9.17) is 0 Å². The van der Waals surface area contributed by atoms with Crippen LogP contribution >= 0.6 is 31.9 Å². The number of nitrogens with one attached hydrogen (secondary N) is 1. The van der Waals surface area contributed by atoms with Gasteiger partial charge in [-0.2, -0.15) is 13.2 Å². The van der Waals surface area contributed by atoms with E-state index in [0.29, 0.717) is 29.6 Å². The van der Waals surface area contributed by atoms with Gasteiger partial charge in [0.25, 0.3) is 0 Å². The minimum Gasteiger partial charge on any atom is -0.371 e. The molecule has 44 heavy (non-hydrogen) atoms. The molecule has 0 saturated heterocycles. The van der Waals surface area contributed by atoms with Gasteiger partial charge in [-0.25, -0.2) is 0 Å². The summed E-state index contributed by atoms with van der Waals surface area (Å²) in [6.07, 6.45) is 6.88. The fourth-order valence-corrected chi connectivity index (χ4v) is 6.48. The maximum absolute atomic E-state index is 13.3. The zero-order valence-electron chi connectivity index (χ0n) is 26.9. The third kappa shape index (κ3) is 12.5. The van der Waals surface area contributed by atoms with Crippen molar-refractivity contribution in [1.82, 2.24) is 0 Å². The lowest BCUT2D eigenvalue weighted by Crippen LogP contribution is -2.34. The Hall–Kier alpha value is -1.94. The van der Waals surface area contributed by atoms with Crippen molar-refractivity contribution in [3.63, 3.8) is 0 Å². The summed E-state index contributed by atoms with van der Waals surface area (Å²) in [6, 6.07) is 7.81. The molecule has 2 aromatic rings. The summed E-state index contributed by atoms with van der Waals surface area (Å²) in [5.74, 6) is 1.03. The van der Waals surface area contributed by atoms with Gasteiger partial charge in [-0.1, -0.05) is 79.6 Å². The molecule has 2 unspecified atom stereocenters. The molecule has 0 spiro atoms. The molecule has 2 aromatic carbocycles. The molecule has 0 heterocycles. The predicted molar refractivity (Wildman–Crippen MR) is 184 cm³/mol. The molecule has 0 aliphatic heterocycles. The number of halogens is 5. The highest BCUT2D eigenvalue weighted by atomic mass is 79.9. The fourth-order valence-electron chi connectivity index (χ4n) is 5.13. The van der Waals surface area contributed by atoms with Gasteiger partial charge in [0, 0.05) is 34.1 Å². The number of anilines is 2. The van der Waals surface area contributed by atoms with Crippen molar-refractivity contribution in [2.24, 2.45) is 22.1 Å². The second kappa shape index (κ2) is 19.5. The molecule has 10 heteroatoms. The molecule has 0 saturated carbocycles. The van der Waals surface area contributed by atoms with Crippen molar-refractivity contribution in [2.75, 3.05) is 23.3 Å². The van der Waals surface area contributed by atoms with Crippen LogP contribution in [0.15, 0.2) is 49.5 Å². The van der Waals surface area contributed by atoms with Crippen molar-refractivity contribution < 1.29 is 18.0 Å². The summed E-state index contributed by atoms with van der Waals surface area (Å²) in [7, 11) is 0. The van der Waals surface area contributed by atoms with E-state index in [2.05, 4.69) is 80.0 Å². The van der Waals surface area contributed by atoms with Crippen LogP contribution in [0.4, 0.5) is 35.9 Å². The van der Waals surface area contributed by atoms with Crippen LogP contribution in [0.25, 0.3) is 0 Å². The highest BCUT2D eigenvalue weighted by molar-refractivity contribution is 9.11. The number of hydrogen-bond donors (Lipinski definition) is 1. The summed E-state index contributed by atoms with van der Waals surface area (Å²) in [5, 5.41) is 11.7. The maximum atomic E-state index is 13.3. The summed E-state index contributed by atoms with van der Waals surface area (Å²) >= 11 is 6.43. The highest BCUT2D eigenvalue weighted by Gasteiger charge is 2.32. The van der Waals surface area contributed by atoms with Gasteiger partial charge in [-0.05, 0) is 93.3 Å². The number of hydrogen-bond acceptors (Lipinski definition) is 4. The number of amides is 1. The van der Waals surface area contributed by atoms with Crippen LogP contribution in [0.3, 0.4) is 0 Å². The fraction of sp³-hybridized carbons (Fsp3) is 0.618. The average Bonchev–Trinajstić information content (AvgIpc) is 2.98. The topological polar surface area (TPSA) is 57.1 Å². The van der Waals surface area contributed by atoms with Crippen molar-refractivity contribution in [1.29, 1.82) is 0 Å². The molecule has 0 aliphatic rings. The van der Waals surface area contributed by atoms with Gasteiger partial charge in [0.05, 0.1) is 11.3 Å². The monoisotopic (exact) mass is 744 g/mol. The summed E-state index contributed by atoms with van der Waals surface area (Å²) in [6.45, 7) is 12.9. The van der Waals surface area contributed by atoms with E-state index in [1.165, 1.54) is 38.5 Å². The molecule has 0 aromatic heterocycles. The molecule has 1 N–H and O–H groups in total. The molecule has 0 bridgehead atoms. The Labute approximate surface area is 279 Å². The number of carbonyl (C=O) groups excluding carboxylic acids is 1. The number of rotatable bonds is 19. The van der Waals surface area contributed by atoms with Gasteiger partial charge in [-0.3, -0.25) is 4.79 Å². The lowest BCUT2D eigenvalue weighted by atomic mass is 9.95. The van der Waals surface area contributed by atoms with Crippen molar-refractivity contribution in [3.05, 3.63) is 44.8 Å². The SMILES string of the molecule is CCCCC(=O)Nc1cc(N(CC(CC)CCCC)CC(CC)CCCC)ccc1N=Nc1c(Br)cc(C(F)(F)F)cc1Br. The van der Waals surface area contributed by atoms with Crippen molar-refractivity contribution >= 4 is 60.5 Å². The molecule has 5 nitrogen and oxygen atoms in total. The van der Waals surface area contributed by atoms with Crippen LogP contribution in [-0.2, 0) is 11.0 Å². The molecule has 2 atom stereocenters. The maximum Gasteiger partial charge on any atom is 0.416 e. The van der Waals surface area contributed by atoms with Crippen LogP contribution < -0.4 is 10.2 Å². The van der Waals surface area contributed by atoms with E-state index in [1.54, 1.807) is 0 Å². The molecule has 0 fully saturated rings. The molecule has 1 amide bonds. The lowest BCUT2D eigenvalue weighted by molar-refractivity contribution is -0.137. The second-order valence-electron chi connectivity index (χ2n) is 11.6. The number of azo groups is 1. The number of alkyl halides is 3. The number of carbonyl (C=O) groups is 1. The van der Waals surface area contributed by atoms with E-state index in [0.717, 1.165) is 56.6 Å². The molecular weight excluding hydrogens is 697 g/mol. The lowest BCUT2D eigenvalue weighted by Gasteiger charge is -2.33. The number of nitrogens with zero attached hydrogens (tertiary/aromatic N) is 3. The van der Waals surface area contributed by atoms with E-state index in [1.807, 2.05) is 25.1 Å². The third-order valence-corrected chi connectivity index (χ3v) is 9.23. The Bertz CT molecular complexity index is 1160. The van der Waals surface area contributed by atoms with Crippen LogP contribution in [0, 0.1) is 11.8 Å². The standard InChI is InChI=1S/C34H49Br2F3N4O/c1-6-11-14-24(9-4)22-43(23-25(10-5)15-12-7-2)27-17-18-30(31(21-27)40-32(44)16-13-8-3)41-42-33-28(35)19-26(20-29(33)36)34(37,38)39/h17-21,24-25H,6-16,22-23H2,1-5H3,(H,40,44). The van der Waals surface area contributed by atoms with E-state index >= 15 is 0 Å². The van der Waals surface area contributed by atoms with E-state index < -0.39 is 11.7 Å². The first-order valence-corrected chi connectivity index (χ1v) is 17.7. The molecule has 246 valence electrons. The van der Waals surface area contributed by atoms with Gasteiger partial charge in [-0.15, -0.1) is 10.2 Å². The Kier molecular flexibility index (Phi) is 17.0. The van der Waals surface area contributed by atoms with E-state index in [-0.39, 0.29) is 20.5 Å². The zero-order chi connectivity index (χ0) is 32.7. The van der Waals surface area contributed by atoms with Gasteiger partial charge in [0.2, 0.25) is 5.91 Å². The first kappa shape index (κ1) is 38.2. The Morgan fingerprint density at radius 2 is 1.39 bits per heavy atom. The number of benzene rings is 2. The predicted octanol–water partition coefficient (Wildman–Crippen LogP) is 13.0. The smallest absolute Gasteiger partial charge is 0.371 e. The van der Waals surface area contributed by atoms with Crippen molar-refractivity contribution in [3.8, 4) is 0 Å². The van der Waals surface area contributed by atoms with Crippen LogP contribution in [0.1, 0.15) is 111 Å². The van der Waals surface area contributed by atoms with Gasteiger partial charge >= 0.3 is 6.18 Å². The molecule has 2 rings (SSSR count). The zero-order valence-corrected chi connectivity index (χ0v) is 30.0. The number of unbranched alkanes of at least 4 members (excludes halogenated alkanes) is 3. The molecule has 0 aliphatic carbocycles. The Morgan fingerprint density at radius 1 is 0.841 bits per heavy atom. The Morgan fingerprint density at radius 3 is 1.86 bits per heavy atom. The summed E-state index contributed by atoms with van der Waals surface area (Å²) in [4.78, 5) is 15.4. The average molecular weight is 747 g/mol. The van der Waals surface area contributed by atoms with Crippen molar-refractivity contribution in [2.45, 2.75) is 111 Å². The van der Waals surface area contributed by atoms with Crippen LogP contribution in [0.2, 0.25) is 0 Å². The normalized spacial score (nSPS) is 13.3. The van der Waals surface area contributed by atoms with E-state index in [9.17, 15) is 18.0 Å². The summed E-state index contributed by atoms with van der Waals surface area (Å²) in [5.41, 5.74) is 1.44. The minimum atomic E-state index is -4.49. The van der Waals surface area contributed by atoms with Gasteiger partial charge in [0.1, 0.15) is 11.4 Å². The first-order chi connectivity index (χ1) is 21.0. The minimum absolute atomic E-state index is 0.104. The summed E-state index contributed by atoms with van der Waals surface area (Å²) < 4.78 is 40.2. The van der Waals surface area contributed by atoms with Gasteiger partial charge in [0.15, 0.2) is 0 Å².